The summed E-state index contributed by atoms with van der Waals surface area (Å²) >= 11 is 6.84. The summed E-state index contributed by atoms with van der Waals surface area (Å²) in [4.78, 5) is 26.0. The van der Waals surface area contributed by atoms with Crippen LogP contribution in [0.5, 0.6) is 0 Å². The molecule has 2 N–H and O–H groups in total. The molecule has 2 bridgehead atoms. The number of esters is 1. The van der Waals surface area contributed by atoms with Crippen LogP contribution in [-0.4, -0.2) is 48.4 Å². The van der Waals surface area contributed by atoms with Crippen molar-refractivity contribution in [3.05, 3.63) is 34.3 Å². The van der Waals surface area contributed by atoms with Crippen molar-refractivity contribution in [2.75, 3.05) is 20.3 Å². The number of carbonyl (C=O) groups is 2. The smallest absolute Gasteiger partial charge is 0.311 e. The lowest BCUT2D eigenvalue weighted by Gasteiger charge is -2.53. The largest absolute Gasteiger partial charge is 0.469 e. The van der Waals surface area contributed by atoms with Crippen LogP contribution in [0.4, 0.5) is 0 Å². The Morgan fingerprint density at radius 2 is 1.89 bits per heavy atom. The summed E-state index contributed by atoms with van der Waals surface area (Å²) in [7, 11) is 1.43. The molecule has 38 heavy (non-hydrogen) atoms. The Bertz CT molecular complexity index is 1070. The molecular weight excluding hydrogens is 502 g/mol. The number of hydrogen-bond donors (Lipinski definition) is 2. The number of carbonyl (C=O) groups excluding carboxylic acids is 2. The van der Waals surface area contributed by atoms with Crippen molar-refractivity contribution in [1.29, 1.82) is 0 Å². The van der Waals surface area contributed by atoms with Crippen LogP contribution in [0.2, 0.25) is 5.02 Å². The molecular formula is C31H46ClNO5. The molecule has 5 rings (SSSR count). The molecule has 3 atom stereocenters. The fourth-order valence-electron chi connectivity index (χ4n) is 7.32. The molecule has 0 spiro atoms. The van der Waals surface area contributed by atoms with Gasteiger partial charge in [0.25, 0.3) is 0 Å². The molecule has 1 amide bonds. The zero-order chi connectivity index (χ0) is 28.1. The molecule has 2 unspecified atom stereocenters. The van der Waals surface area contributed by atoms with Gasteiger partial charge in [-0.2, -0.15) is 0 Å². The number of aliphatic hydroxyl groups is 1. The second-order valence-electron chi connectivity index (χ2n) is 14.1. The van der Waals surface area contributed by atoms with E-state index in [0.717, 1.165) is 36.8 Å². The van der Waals surface area contributed by atoms with E-state index in [4.69, 9.17) is 21.1 Å². The van der Waals surface area contributed by atoms with Gasteiger partial charge in [0.2, 0.25) is 5.91 Å². The van der Waals surface area contributed by atoms with Gasteiger partial charge in [-0.1, -0.05) is 51.4 Å². The number of halogens is 1. The monoisotopic (exact) mass is 547 g/mol. The van der Waals surface area contributed by atoms with Crippen molar-refractivity contribution in [2.24, 2.45) is 22.7 Å². The highest BCUT2D eigenvalue weighted by atomic mass is 35.5. The van der Waals surface area contributed by atoms with Gasteiger partial charge in [0, 0.05) is 29.0 Å². The number of fused-ring (bicyclic) bond motifs is 1. The summed E-state index contributed by atoms with van der Waals surface area (Å²) in [5.41, 5.74) is 0.273. The second-order valence-corrected chi connectivity index (χ2v) is 14.5. The molecule has 1 aromatic rings. The first-order chi connectivity index (χ1) is 17.6. The average molecular weight is 548 g/mol. The molecule has 212 valence electrons. The molecule has 6 nitrogen and oxygen atoms in total. The molecule has 3 saturated carbocycles. The third-order valence-electron chi connectivity index (χ3n) is 10.0. The first-order valence-electron chi connectivity index (χ1n) is 14.0. The fourth-order valence-corrected chi connectivity index (χ4v) is 7.59. The standard InChI is InChI=1S/C31H46ClNO5/c1-20-23(16-34)31(19-38-28(20,5)6,22-9-8-21(24(32)14-22)10-11-27(2,3)4)15-25(35)33-30-13-12-29(17-30,18-30)26(36)37-7/h8-9,14,20,23,34H,10-13,15-19H2,1-7H3,(H,33,35)/t20?,23?,29?,30?,31-/m1/s1. The van der Waals surface area contributed by atoms with Gasteiger partial charge < -0.3 is 19.9 Å². The highest BCUT2D eigenvalue weighted by Gasteiger charge is 2.66. The van der Waals surface area contributed by atoms with Gasteiger partial charge in [-0.15, -0.1) is 0 Å². The molecule has 0 aromatic heterocycles. The van der Waals surface area contributed by atoms with Crippen molar-refractivity contribution >= 4 is 23.5 Å². The van der Waals surface area contributed by atoms with Crippen LogP contribution in [-0.2, 0) is 30.9 Å². The first kappa shape index (κ1) is 29.4. The Kier molecular flexibility index (Phi) is 7.79. The number of methoxy groups -OCH3 is 1. The maximum Gasteiger partial charge on any atom is 0.311 e. The molecule has 1 aromatic carbocycles. The summed E-state index contributed by atoms with van der Waals surface area (Å²) in [5.74, 6) is -0.430. The van der Waals surface area contributed by atoms with Crippen LogP contribution in [0.15, 0.2) is 18.2 Å². The third kappa shape index (κ3) is 5.25. The van der Waals surface area contributed by atoms with E-state index in [2.05, 4.69) is 45.1 Å². The zero-order valence-corrected chi connectivity index (χ0v) is 25.0. The van der Waals surface area contributed by atoms with Crippen LogP contribution < -0.4 is 5.32 Å². The van der Waals surface area contributed by atoms with Gasteiger partial charge in [-0.3, -0.25) is 9.59 Å². The van der Waals surface area contributed by atoms with Crippen molar-refractivity contribution in [3.8, 4) is 0 Å². The van der Waals surface area contributed by atoms with Gasteiger partial charge >= 0.3 is 5.97 Å². The number of nitrogens with one attached hydrogen (secondary N) is 1. The fraction of sp³-hybridized carbons (Fsp3) is 0.742. The predicted molar refractivity (Wildman–Crippen MR) is 149 cm³/mol. The second kappa shape index (κ2) is 10.1. The Hall–Kier alpha value is -1.63. The highest BCUT2D eigenvalue weighted by molar-refractivity contribution is 6.31. The minimum atomic E-state index is -0.724. The van der Waals surface area contributed by atoms with E-state index >= 15 is 0 Å². The first-order valence-corrected chi connectivity index (χ1v) is 14.4. The van der Waals surface area contributed by atoms with Crippen molar-refractivity contribution < 1.29 is 24.2 Å². The molecule has 1 saturated heterocycles. The van der Waals surface area contributed by atoms with E-state index in [0.29, 0.717) is 24.5 Å². The zero-order valence-electron chi connectivity index (χ0n) is 24.2. The minimum absolute atomic E-state index is 0.00807. The van der Waals surface area contributed by atoms with Gasteiger partial charge in [0.05, 0.1) is 24.7 Å². The van der Waals surface area contributed by atoms with Crippen molar-refractivity contribution in [1.82, 2.24) is 5.32 Å². The lowest BCUT2D eigenvalue weighted by molar-refractivity contribution is -0.170. The van der Waals surface area contributed by atoms with Crippen LogP contribution in [0.1, 0.15) is 91.2 Å². The van der Waals surface area contributed by atoms with E-state index in [1.54, 1.807) is 0 Å². The average Bonchev–Trinajstić information content (AvgIpc) is 3.36. The number of benzene rings is 1. The van der Waals surface area contributed by atoms with Crippen LogP contribution in [0.3, 0.4) is 0 Å². The van der Waals surface area contributed by atoms with Gasteiger partial charge in [0.1, 0.15) is 0 Å². The van der Waals surface area contributed by atoms with E-state index in [9.17, 15) is 14.7 Å². The number of aryl methyl sites for hydroxylation is 1. The predicted octanol–water partition coefficient (Wildman–Crippen LogP) is 5.60. The maximum absolute atomic E-state index is 13.7. The van der Waals surface area contributed by atoms with Crippen LogP contribution >= 0.6 is 11.6 Å². The van der Waals surface area contributed by atoms with Crippen LogP contribution in [0, 0.1) is 22.7 Å². The third-order valence-corrected chi connectivity index (χ3v) is 10.4. The van der Waals surface area contributed by atoms with Crippen molar-refractivity contribution in [2.45, 2.75) is 103 Å². The quantitative estimate of drug-likeness (QED) is 0.414. The molecule has 4 aliphatic rings. The SMILES string of the molecule is COC(=O)C12CCC(NC(=O)C[C@]3(c4ccc(CCC(C)(C)C)c(Cl)c4)COC(C)(C)C(C)C3CO)(C1)C2. The highest BCUT2D eigenvalue weighted by Crippen LogP contribution is 2.62. The van der Waals surface area contributed by atoms with E-state index in [1.807, 2.05) is 19.9 Å². The summed E-state index contributed by atoms with van der Waals surface area (Å²) in [6.07, 6.45) is 4.85. The maximum atomic E-state index is 13.7. The number of hydrogen-bond acceptors (Lipinski definition) is 5. The van der Waals surface area contributed by atoms with Crippen LogP contribution in [0.25, 0.3) is 0 Å². The number of rotatable bonds is 8. The lowest BCUT2D eigenvalue weighted by atomic mass is 9.59. The molecule has 4 fully saturated rings. The Morgan fingerprint density at radius 3 is 2.47 bits per heavy atom. The van der Waals surface area contributed by atoms with Crippen molar-refractivity contribution in [3.63, 3.8) is 0 Å². The summed E-state index contributed by atoms with van der Waals surface area (Å²) in [6.45, 7) is 13.1. The van der Waals surface area contributed by atoms with E-state index in [1.165, 1.54) is 7.11 Å². The molecule has 7 heteroatoms. The van der Waals surface area contributed by atoms with E-state index in [-0.39, 0.29) is 47.7 Å². The molecule has 0 radical (unpaired) electrons. The van der Waals surface area contributed by atoms with E-state index < -0.39 is 16.4 Å². The number of aliphatic hydroxyl groups excluding tert-OH is 1. The van der Waals surface area contributed by atoms with Gasteiger partial charge in [-0.25, -0.2) is 0 Å². The van der Waals surface area contributed by atoms with Gasteiger partial charge in [-0.05, 0) is 86.8 Å². The summed E-state index contributed by atoms with van der Waals surface area (Å²) in [5, 5.41) is 14.7. The number of amides is 1. The molecule has 3 aliphatic carbocycles. The lowest BCUT2D eigenvalue weighted by Crippen LogP contribution is -2.61. The molecule has 1 aliphatic heterocycles. The normalized spacial score (nSPS) is 33.9. The Morgan fingerprint density at radius 1 is 1.21 bits per heavy atom. The topological polar surface area (TPSA) is 84.9 Å². The van der Waals surface area contributed by atoms with Gasteiger partial charge in [0.15, 0.2) is 0 Å². The Balaban J connectivity index is 1.62. The molecule has 1 heterocycles. The summed E-state index contributed by atoms with van der Waals surface area (Å²) in [6, 6.07) is 6.14. The Labute approximate surface area is 233 Å². The summed E-state index contributed by atoms with van der Waals surface area (Å²) < 4.78 is 11.4. The minimum Gasteiger partial charge on any atom is -0.469 e. The number of ether oxygens (including phenoxy) is 2.